The predicted octanol–water partition coefficient (Wildman–Crippen LogP) is 6.60. The Morgan fingerprint density at radius 2 is 1.71 bits per heavy atom. The second-order valence-electron chi connectivity index (χ2n) is 9.82. The fraction of sp³-hybridized carbons (Fsp3) is 0.448. The van der Waals surface area contributed by atoms with Crippen LogP contribution < -0.4 is 4.74 Å². The van der Waals surface area contributed by atoms with E-state index in [9.17, 15) is 0 Å². The molecule has 2 fully saturated rings. The molecule has 2 atom stereocenters. The van der Waals surface area contributed by atoms with E-state index in [-0.39, 0.29) is 0 Å². The van der Waals surface area contributed by atoms with Crippen molar-refractivity contribution in [2.24, 2.45) is 0 Å². The molecular weight excluding hydrogens is 422 g/mol. The van der Waals surface area contributed by atoms with E-state index in [1.165, 1.54) is 18.4 Å². The second-order valence-corrected chi connectivity index (χ2v) is 9.82. The third-order valence-corrected chi connectivity index (χ3v) is 7.49. The van der Waals surface area contributed by atoms with Gasteiger partial charge in [-0.3, -0.25) is 9.88 Å². The summed E-state index contributed by atoms with van der Waals surface area (Å²) in [6.45, 7) is 13.7. The minimum absolute atomic E-state index is 0.318. The van der Waals surface area contributed by atoms with Gasteiger partial charge in [0.05, 0.1) is 31.4 Å². The third-order valence-electron chi connectivity index (χ3n) is 7.49. The van der Waals surface area contributed by atoms with E-state index >= 15 is 0 Å². The van der Waals surface area contributed by atoms with E-state index in [2.05, 4.69) is 41.8 Å². The Hall–Kier alpha value is -2.94. The summed E-state index contributed by atoms with van der Waals surface area (Å²) >= 11 is 0. The summed E-state index contributed by atoms with van der Waals surface area (Å²) in [5.41, 5.74) is 4.96. The Kier molecular flexibility index (Phi) is 6.54. The SMILES string of the molecule is [C-]#[N+]c1ccc(-c2cccc3c(OC)c(C4CCC(N5C[C@@H](C)O[C@@H](C)C5)CC4)cnc23)cc1. The average molecular weight is 456 g/mol. The highest BCUT2D eigenvalue weighted by Crippen LogP contribution is 2.43. The number of para-hydroxylation sites is 1. The fourth-order valence-electron chi connectivity index (χ4n) is 5.95. The van der Waals surface area contributed by atoms with E-state index in [0.29, 0.717) is 29.9 Å². The average Bonchev–Trinajstić information content (AvgIpc) is 2.87. The maximum atomic E-state index is 7.20. The standard InChI is InChI=1S/C29H33N3O2/c1-19-17-32(18-20(2)34-19)24-14-10-22(11-15-24)27-16-31-28-25(6-5-7-26(28)29(27)33-4)21-8-12-23(30-3)13-9-21/h5-9,12-13,16,19-20,22,24H,10-11,14-15,17-18H2,1-2,4H3/t19-,20+,22?,24?. The van der Waals surface area contributed by atoms with Crippen LogP contribution in [0.4, 0.5) is 5.69 Å². The molecule has 0 unspecified atom stereocenters. The van der Waals surface area contributed by atoms with Crippen molar-refractivity contribution in [1.82, 2.24) is 9.88 Å². The van der Waals surface area contributed by atoms with Crippen LogP contribution in [-0.2, 0) is 4.74 Å². The lowest BCUT2D eigenvalue weighted by atomic mass is 9.80. The van der Waals surface area contributed by atoms with Gasteiger partial charge in [0.2, 0.25) is 0 Å². The summed E-state index contributed by atoms with van der Waals surface area (Å²) in [7, 11) is 1.78. The number of ether oxygens (including phenoxy) is 2. The molecule has 176 valence electrons. The molecular formula is C29H33N3O2. The zero-order valence-electron chi connectivity index (χ0n) is 20.3. The number of benzene rings is 2. The van der Waals surface area contributed by atoms with Crippen molar-refractivity contribution in [2.75, 3.05) is 20.2 Å². The number of hydrogen-bond donors (Lipinski definition) is 0. The van der Waals surface area contributed by atoms with Crippen LogP contribution in [0.5, 0.6) is 5.75 Å². The Labute approximate surface area is 202 Å². The molecule has 0 spiro atoms. The number of hydrogen-bond acceptors (Lipinski definition) is 4. The van der Waals surface area contributed by atoms with Crippen molar-refractivity contribution in [3.63, 3.8) is 0 Å². The Balaban J connectivity index is 1.40. The van der Waals surface area contributed by atoms with Crippen molar-refractivity contribution in [3.05, 3.63) is 65.6 Å². The minimum atomic E-state index is 0.318. The van der Waals surface area contributed by atoms with Crippen LogP contribution in [0, 0.1) is 6.57 Å². The van der Waals surface area contributed by atoms with Crippen LogP contribution >= 0.6 is 0 Å². The summed E-state index contributed by atoms with van der Waals surface area (Å²) in [5, 5.41) is 1.06. The first-order valence-electron chi connectivity index (χ1n) is 12.4. The van der Waals surface area contributed by atoms with Gasteiger partial charge in [0.25, 0.3) is 0 Å². The lowest BCUT2D eigenvalue weighted by Crippen LogP contribution is -2.50. The van der Waals surface area contributed by atoms with E-state index in [4.69, 9.17) is 21.0 Å². The van der Waals surface area contributed by atoms with Gasteiger partial charge >= 0.3 is 0 Å². The molecule has 5 heteroatoms. The molecule has 2 aliphatic rings. The minimum Gasteiger partial charge on any atom is -0.496 e. The van der Waals surface area contributed by atoms with E-state index in [1.807, 2.05) is 30.5 Å². The number of aromatic nitrogens is 1. The first-order valence-corrected chi connectivity index (χ1v) is 12.4. The lowest BCUT2D eigenvalue weighted by Gasteiger charge is -2.43. The number of morpholine rings is 1. The molecule has 2 heterocycles. The fourth-order valence-corrected chi connectivity index (χ4v) is 5.95. The molecule has 5 rings (SSSR count). The van der Waals surface area contributed by atoms with Gasteiger partial charge in [0.15, 0.2) is 5.69 Å². The molecule has 0 bridgehead atoms. The van der Waals surface area contributed by atoms with Crippen LogP contribution in [0.2, 0.25) is 0 Å². The highest BCUT2D eigenvalue weighted by atomic mass is 16.5. The molecule has 1 saturated heterocycles. The molecule has 1 aliphatic heterocycles. The molecule has 34 heavy (non-hydrogen) atoms. The molecule has 0 radical (unpaired) electrons. The zero-order valence-corrected chi connectivity index (χ0v) is 20.3. The van der Waals surface area contributed by atoms with Crippen LogP contribution in [0.15, 0.2) is 48.7 Å². The van der Waals surface area contributed by atoms with Crippen molar-refractivity contribution in [2.45, 2.75) is 63.7 Å². The number of methoxy groups -OCH3 is 1. The van der Waals surface area contributed by atoms with Crippen LogP contribution in [-0.4, -0.2) is 48.3 Å². The summed E-state index contributed by atoms with van der Waals surface area (Å²) < 4.78 is 11.9. The third kappa shape index (κ3) is 4.41. The molecule has 2 aromatic carbocycles. The topological polar surface area (TPSA) is 39.0 Å². The van der Waals surface area contributed by atoms with Crippen LogP contribution in [0.3, 0.4) is 0 Å². The van der Waals surface area contributed by atoms with Crippen molar-refractivity contribution in [3.8, 4) is 16.9 Å². The number of rotatable bonds is 4. The van der Waals surface area contributed by atoms with Gasteiger partial charge in [-0.25, -0.2) is 4.85 Å². The highest BCUT2D eigenvalue weighted by molar-refractivity contribution is 5.97. The molecule has 1 saturated carbocycles. The Morgan fingerprint density at radius 3 is 2.35 bits per heavy atom. The number of nitrogens with zero attached hydrogens (tertiary/aromatic N) is 3. The summed E-state index contributed by atoms with van der Waals surface area (Å²) in [5.74, 6) is 1.43. The van der Waals surface area contributed by atoms with Crippen LogP contribution in [0.25, 0.3) is 26.9 Å². The molecule has 0 amide bonds. The lowest BCUT2D eigenvalue weighted by molar-refractivity contribution is -0.0844. The van der Waals surface area contributed by atoms with Gasteiger partial charge in [-0.1, -0.05) is 36.4 Å². The molecule has 0 N–H and O–H groups in total. The largest absolute Gasteiger partial charge is 0.496 e. The van der Waals surface area contributed by atoms with E-state index < -0.39 is 0 Å². The molecule has 1 aromatic heterocycles. The quantitative estimate of drug-likeness (QED) is 0.416. The maximum Gasteiger partial charge on any atom is 0.187 e. The van der Waals surface area contributed by atoms with Crippen LogP contribution in [0.1, 0.15) is 51.0 Å². The van der Waals surface area contributed by atoms with E-state index in [0.717, 1.165) is 53.7 Å². The van der Waals surface area contributed by atoms with E-state index in [1.54, 1.807) is 7.11 Å². The first-order chi connectivity index (χ1) is 16.6. The monoisotopic (exact) mass is 455 g/mol. The van der Waals surface area contributed by atoms with Crippen molar-refractivity contribution < 1.29 is 9.47 Å². The van der Waals surface area contributed by atoms with Crippen molar-refractivity contribution in [1.29, 1.82) is 0 Å². The van der Waals surface area contributed by atoms with Gasteiger partial charge in [-0.15, -0.1) is 0 Å². The normalized spacial score (nSPS) is 25.7. The first kappa shape index (κ1) is 22.8. The van der Waals surface area contributed by atoms with Gasteiger partial charge < -0.3 is 9.47 Å². The highest BCUT2D eigenvalue weighted by Gasteiger charge is 2.32. The second kappa shape index (κ2) is 9.74. The van der Waals surface area contributed by atoms with Gasteiger partial charge in [-0.2, -0.15) is 0 Å². The van der Waals surface area contributed by atoms with Gasteiger partial charge in [-0.05, 0) is 57.1 Å². The number of pyridine rings is 1. The number of fused-ring (bicyclic) bond motifs is 1. The molecule has 1 aliphatic carbocycles. The predicted molar refractivity (Wildman–Crippen MR) is 137 cm³/mol. The Bertz CT molecular complexity index is 1180. The van der Waals surface area contributed by atoms with Crippen molar-refractivity contribution >= 4 is 16.6 Å². The summed E-state index contributed by atoms with van der Waals surface area (Å²) in [6, 6.07) is 14.7. The maximum absolute atomic E-state index is 7.20. The summed E-state index contributed by atoms with van der Waals surface area (Å²) in [6.07, 6.45) is 7.41. The van der Waals surface area contributed by atoms with Gasteiger partial charge in [0.1, 0.15) is 5.75 Å². The Morgan fingerprint density at radius 1 is 1.00 bits per heavy atom. The molecule has 5 nitrogen and oxygen atoms in total. The summed E-state index contributed by atoms with van der Waals surface area (Å²) in [4.78, 5) is 11.1. The smallest absolute Gasteiger partial charge is 0.187 e. The van der Waals surface area contributed by atoms with Gasteiger partial charge in [0, 0.05) is 41.8 Å². The zero-order chi connectivity index (χ0) is 23.7. The molecule has 3 aromatic rings.